The van der Waals surface area contributed by atoms with Crippen molar-refractivity contribution < 1.29 is 5.11 Å². The van der Waals surface area contributed by atoms with Crippen LogP contribution in [0.4, 0.5) is 0 Å². The molecule has 25 heavy (non-hydrogen) atoms. The third kappa shape index (κ3) is 2.86. The minimum Gasteiger partial charge on any atom is -0.506 e. The number of nitrogens with one attached hydrogen (secondary N) is 1. The van der Waals surface area contributed by atoms with E-state index in [1.54, 1.807) is 18.2 Å². The molecule has 5 nitrogen and oxygen atoms in total. The van der Waals surface area contributed by atoms with E-state index in [-0.39, 0.29) is 16.3 Å². The van der Waals surface area contributed by atoms with Gasteiger partial charge in [-0.15, -0.1) is 0 Å². The number of benzene rings is 2. The second-order valence-electron chi connectivity index (χ2n) is 5.51. The maximum atomic E-state index is 11.6. The Morgan fingerprint density at radius 1 is 0.880 bits per heavy atom. The lowest BCUT2D eigenvalue weighted by atomic mass is 10.0. The van der Waals surface area contributed by atoms with Gasteiger partial charge >= 0.3 is 0 Å². The van der Waals surface area contributed by atoms with Gasteiger partial charge in [0.1, 0.15) is 11.3 Å². The highest BCUT2D eigenvalue weighted by molar-refractivity contribution is 6.32. The van der Waals surface area contributed by atoms with Crippen LogP contribution in [0.1, 0.15) is 0 Å². The van der Waals surface area contributed by atoms with Gasteiger partial charge in [0.2, 0.25) is 5.56 Å². The smallest absolute Gasteiger partial charge is 0.249 e. The number of rotatable bonds is 2. The van der Waals surface area contributed by atoms with E-state index in [0.29, 0.717) is 22.6 Å². The summed E-state index contributed by atoms with van der Waals surface area (Å²) in [6.07, 6.45) is 0. The largest absolute Gasteiger partial charge is 0.506 e. The Bertz CT molecular complexity index is 1140. The van der Waals surface area contributed by atoms with Crippen molar-refractivity contribution in [3.8, 4) is 28.3 Å². The zero-order chi connectivity index (χ0) is 17.4. The van der Waals surface area contributed by atoms with Gasteiger partial charge in [-0.2, -0.15) is 0 Å². The molecule has 0 aliphatic heterocycles. The molecule has 6 heteroatoms. The highest BCUT2D eigenvalue weighted by atomic mass is 35.5. The van der Waals surface area contributed by atoms with E-state index >= 15 is 0 Å². The molecule has 122 valence electrons. The highest BCUT2D eigenvalue weighted by Gasteiger charge is 2.14. The Morgan fingerprint density at radius 3 is 2.40 bits per heavy atom. The summed E-state index contributed by atoms with van der Waals surface area (Å²) >= 11 is 6.06. The van der Waals surface area contributed by atoms with E-state index < -0.39 is 0 Å². The zero-order valence-corrected chi connectivity index (χ0v) is 13.7. The lowest BCUT2D eigenvalue weighted by molar-refractivity contribution is 0.475. The number of phenols is 1. The first-order valence-electron chi connectivity index (χ1n) is 7.57. The summed E-state index contributed by atoms with van der Waals surface area (Å²) in [5, 5.41) is 9.91. The molecule has 4 rings (SSSR count). The summed E-state index contributed by atoms with van der Waals surface area (Å²) in [5.74, 6) is 0.00440. The van der Waals surface area contributed by atoms with E-state index in [1.165, 1.54) is 12.1 Å². The number of nitrogens with zero attached hydrogens (tertiary/aromatic N) is 2. The van der Waals surface area contributed by atoms with Crippen molar-refractivity contribution in [1.29, 1.82) is 0 Å². The standard InChI is InChI=1S/C19H12ClN3O2/c20-13-10-12(6-8-15(13)24)18-17(11-4-2-1-3-5-11)23-19-14(21-18)7-9-16(25)22-19/h1-10,24H,(H,22,23,25). The first-order valence-corrected chi connectivity index (χ1v) is 7.95. The van der Waals surface area contributed by atoms with Crippen molar-refractivity contribution in [2.75, 3.05) is 0 Å². The quantitative estimate of drug-likeness (QED) is 0.573. The van der Waals surface area contributed by atoms with E-state index in [4.69, 9.17) is 11.6 Å². The van der Waals surface area contributed by atoms with Gasteiger partial charge < -0.3 is 10.1 Å². The molecule has 0 spiro atoms. The van der Waals surface area contributed by atoms with Gasteiger partial charge in [-0.05, 0) is 24.3 Å². The number of phenolic OH excluding ortho intramolecular Hbond substituents is 1. The second kappa shape index (κ2) is 6.03. The van der Waals surface area contributed by atoms with Crippen LogP contribution in [0.3, 0.4) is 0 Å². The molecule has 0 saturated heterocycles. The molecule has 0 saturated carbocycles. The topological polar surface area (TPSA) is 78.9 Å². The predicted octanol–water partition coefficient (Wildman–Crippen LogP) is 4.01. The van der Waals surface area contributed by atoms with Crippen LogP contribution in [0, 0.1) is 0 Å². The van der Waals surface area contributed by atoms with Crippen molar-refractivity contribution in [2.45, 2.75) is 0 Å². The molecule has 0 atom stereocenters. The van der Waals surface area contributed by atoms with Crippen molar-refractivity contribution in [3.63, 3.8) is 0 Å². The number of aromatic amines is 1. The van der Waals surface area contributed by atoms with Gasteiger partial charge in [-0.1, -0.05) is 41.9 Å². The molecule has 0 amide bonds. The maximum absolute atomic E-state index is 11.6. The van der Waals surface area contributed by atoms with Crippen molar-refractivity contribution in [2.24, 2.45) is 0 Å². The average molecular weight is 350 g/mol. The van der Waals surface area contributed by atoms with Crippen LogP contribution in [0.5, 0.6) is 5.75 Å². The molecule has 0 aliphatic carbocycles. The zero-order valence-electron chi connectivity index (χ0n) is 12.9. The third-order valence-corrected chi connectivity index (χ3v) is 4.13. The fourth-order valence-electron chi connectivity index (χ4n) is 2.62. The molecule has 0 fully saturated rings. The number of aromatic hydroxyl groups is 1. The number of pyridine rings is 1. The van der Waals surface area contributed by atoms with Crippen LogP contribution >= 0.6 is 11.6 Å². The van der Waals surface area contributed by atoms with Crippen LogP contribution < -0.4 is 5.56 Å². The molecular weight excluding hydrogens is 338 g/mol. The molecule has 4 aromatic rings. The number of aromatic nitrogens is 3. The van der Waals surface area contributed by atoms with E-state index in [1.807, 2.05) is 30.3 Å². The van der Waals surface area contributed by atoms with Crippen LogP contribution in [-0.2, 0) is 0 Å². The molecule has 2 aromatic carbocycles. The summed E-state index contributed by atoms with van der Waals surface area (Å²) in [6, 6.07) is 17.5. The van der Waals surface area contributed by atoms with Crippen LogP contribution in [0.2, 0.25) is 5.02 Å². The Kier molecular flexibility index (Phi) is 3.71. The van der Waals surface area contributed by atoms with E-state index in [0.717, 1.165) is 11.1 Å². The van der Waals surface area contributed by atoms with Crippen molar-refractivity contribution in [3.05, 3.63) is 76.0 Å². The van der Waals surface area contributed by atoms with Crippen LogP contribution in [0.25, 0.3) is 33.7 Å². The van der Waals surface area contributed by atoms with Gasteiger partial charge in [0, 0.05) is 17.2 Å². The normalized spacial score (nSPS) is 10.9. The average Bonchev–Trinajstić information content (AvgIpc) is 2.63. The molecular formula is C19H12ClN3O2. The molecule has 2 heterocycles. The lowest BCUT2D eigenvalue weighted by Gasteiger charge is -2.11. The summed E-state index contributed by atoms with van der Waals surface area (Å²) in [6.45, 7) is 0. The number of hydrogen-bond acceptors (Lipinski definition) is 4. The Hall–Kier alpha value is -3.18. The number of fused-ring (bicyclic) bond motifs is 1. The van der Waals surface area contributed by atoms with Crippen molar-refractivity contribution in [1.82, 2.24) is 15.0 Å². The summed E-state index contributed by atoms with van der Waals surface area (Å²) in [5.41, 5.74) is 3.58. The SMILES string of the molecule is O=c1ccc2nc(-c3ccc(O)c(Cl)c3)c(-c3ccccc3)nc2[nH]1. The number of H-pyrrole nitrogens is 1. The minimum absolute atomic E-state index is 0.00440. The van der Waals surface area contributed by atoms with Gasteiger partial charge in [0.25, 0.3) is 0 Å². The van der Waals surface area contributed by atoms with Crippen LogP contribution in [-0.4, -0.2) is 20.1 Å². The third-order valence-electron chi connectivity index (χ3n) is 3.83. The fourth-order valence-corrected chi connectivity index (χ4v) is 2.80. The lowest BCUT2D eigenvalue weighted by Crippen LogP contribution is -2.06. The Morgan fingerprint density at radius 2 is 1.64 bits per heavy atom. The second-order valence-corrected chi connectivity index (χ2v) is 5.92. The first kappa shape index (κ1) is 15.4. The van der Waals surface area contributed by atoms with Crippen LogP contribution in [0.15, 0.2) is 65.5 Å². The fraction of sp³-hybridized carbons (Fsp3) is 0. The molecule has 2 N–H and O–H groups in total. The summed E-state index contributed by atoms with van der Waals surface area (Å²) in [7, 11) is 0. The van der Waals surface area contributed by atoms with Gasteiger partial charge in [0.05, 0.1) is 16.4 Å². The monoisotopic (exact) mass is 349 g/mol. The van der Waals surface area contributed by atoms with Crippen molar-refractivity contribution >= 4 is 22.8 Å². The van der Waals surface area contributed by atoms with E-state index in [9.17, 15) is 9.90 Å². The number of hydrogen-bond donors (Lipinski definition) is 2. The van der Waals surface area contributed by atoms with Gasteiger partial charge in [-0.3, -0.25) is 4.79 Å². The number of halogens is 1. The first-order chi connectivity index (χ1) is 12.1. The molecule has 0 unspecified atom stereocenters. The van der Waals surface area contributed by atoms with Gasteiger partial charge in [0.15, 0.2) is 5.65 Å². The summed E-state index contributed by atoms with van der Waals surface area (Å²) < 4.78 is 0. The van der Waals surface area contributed by atoms with E-state index in [2.05, 4.69) is 15.0 Å². The molecule has 0 aliphatic rings. The Labute approximate surface area is 147 Å². The molecule has 0 bridgehead atoms. The highest BCUT2D eigenvalue weighted by Crippen LogP contribution is 2.34. The molecule has 0 radical (unpaired) electrons. The summed E-state index contributed by atoms with van der Waals surface area (Å²) in [4.78, 5) is 23.6. The Balaban J connectivity index is 2.05. The molecule has 2 aromatic heterocycles. The maximum Gasteiger partial charge on any atom is 0.249 e. The predicted molar refractivity (Wildman–Crippen MR) is 97.7 cm³/mol. The van der Waals surface area contributed by atoms with Gasteiger partial charge in [-0.25, -0.2) is 9.97 Å². The minimum atomic E-state index is -0.235.